The molecule has 0 saturated carbocycles. The van der Waals surface area contributed by atoms with Gasteiger partial charge in [0.15, 0.2) is 11.0 Å². The van der Waals surface area contributed by atoms with Crippen LogP contribution in [0, 0.1) is 6.92 Å². The lowest BCUT2D eigenvalue weighted by Gasteiger charge is -2.12. The third kappa shape index (κ3) is 4.41. The van der Waals surface area contributed by atoms with Crippen LogP contribution in [-0.4, -0.2) is 14.8 Å². The van der Waals surface area contributed by atoms with Crippen molar-refractivity contribution in [1.82, 2.24) is 14.8 Å². The van der Waals surface area contributed by atoms with Gasteiger partial charge in [0, 0.05) is 17.3 Å². The van der Waals surface area contributed by atoms with Gasteiger partial charge in [-0.25, -0.2) is 0 Å². The van der Waals surface area contributed by atoms with E-state index in [9.17, 15) is 0 Å². The van der Waals surface area contributed by atoms with E-state index in [0.717, 1.165) is 39.6 Å². The van der Waals surface area contributed by atoms with E-state index in [1.165, 1.54) is 16.3 Å². The maximum atomic E-state index is 6.12. The smallest absolute Gasteiger partial charge is 0.191 e. The molecule has 0 N–H and O–H groups in total. The Hall–Kier alpha value is -2.50. The molecule has 0 radical (unpaired) electrons. The lowest BCUT2D eigenvalue weighted by molar-refractivity contribution is 0.287. The normalized spacial score (nSPS) is 11.1. The fraction of sp³-hybridized carbons (Fsp3) is 0.217. The topological polar surface area (TPSA) is 39.9 Å². The Bertz CT molecular complexity index is 1120. The number of hydrogen-bond donors (Lipinski definition) is 0. The number of fused-ring (bicyclic) bond motifs is 1. The van der Waals surface area contributed by atoms with E-state index in [-0.39, 0.29) is 0 Å². The molecule has 4 aromatic rings. The zero-order valence-corrected chi connectivity index (χ0v) is 18.0. The molecule has 4 nitrogen and oxygen atoms in total. The lowest BCUT2D eigenvalue weighted by atomic mass is 10.0. The molecule has 0 atom stereocenters. The van der Waals surface area contributed by atoms with E-state index in [1.807, 2.05) is 30.3 Å². The quantitative estimate of drug-likeness (QED) is 0.328. The summed E-state index contributed by atoms with van der Waals surface area (Å²) >= 11 is 7.63. The van der Waals surface area contributed by atoms with Crippen LogP contribution in [0.2, 0.25) is 5.02 Å². The van der Waals surface area contributed by atoms with E-state index in [2.05, 4.69) is 58.9 Å². The molecule has 0 unspecified atom stereocenters. The van der Waals surface area contributed by atoms with Crippen LogP contribution >= 0.6 is 23.4 Å². The molecule has 0 amide bonds. The highest BCUT2D eigenvalue weighted by Crippen LogP contribution is 2.28. The number of thioether (sulfide) groups is 1. The zero-order chi connectivity index (χ0) is 20.2. The number of hydrogen-bond acceptors (Lipinski definition) is 4. The van der Waals surface area contributed by atoms with Crippen LogP contribution in [-0.2, 0) is 18.9 Å². The molecule has 1 heterocycles. The summed E-state index contributed by atoms with van der Waals surface area (Å²) in [6.45, 7) is 5.38. The molecule has 1 aromatic heterocycles. The summed E-state index contributed by atoms with van der Waals surface area (Å²) in [5.74, 6) is 2.53. The third-order valence-corrected chi connectivity index (χ3v) is 6.19. The van der Waals surface area contributed by atoms with E-state index < -0.39 is 0 Å². The molecule has 0 aliphatic rings. The number of ether oxygens (including phenoxy) is 1. The summed E-state index contributed by atoms with van der Waals surface area (Å²) in [5, 5.41) is 12.8. The third-order valence-electron chi connectivity index (χ3n) is 4.90. The SMILES string of the molecule is CCn1c(COc2ccc3ccccc3c2C)nnc1SCc1ccc(Cl)cc1. The van der Waals surface area contributed by atoms with Crippen LogP contribution in [0.3, 0.4) is 0 Å². The van der Waals surface area contributed by atoms with Crippen LogP contribution in [0.5, 0.6) is 5.75 Å². The summed E-state index contributed by atoms with van der Waals surface area (Å²) in [4.78, 5) is 0. The summed E-state index contributed by atoms with van der Waals surface area (Å²) in [7, 11) is 0. The van der Waals surface area contributed by atoms with Gasteiger partial charge in [0.25, 0.3) is 0 Å². The van der Waals surface area contributed by atoms with E-state index in [1.54, 1.807) is 11.8 Å². The van der Waals surface area contributed by atoms with Gasteiger partial charge in [0.05, 0.1) is 0 Å². The van der Waals surface area contributed by atoms with E-state index in [4.69, 9.17) is 16.3 Å². The predicted molar refractivity (Wildman–Crippen MR) is 120 cm³/mol. The second kappa shape index (κ2) is 8.89. The Morgan fingerprint density at radius 3 is 2.59 bits per heavy atom. The van der Waals surface area contributed by atoms with Gasteiger partial charge in [-0.1, -0.05) is 65.8 Å². The summed E-state index contributed by atoms with van der Waals surface area (Å²) in [6.07, 6.45) is 0. The van der Waals surface area contributed by atoms with Gasteiger partial charge in [0.2, 0.25) is 0 Å². The molecule has 0 saturated heterocycles. The molecule has 0 bridgehead atoms. The van der Waals surface area contributed by atoms with Gasteiger partial charge < -0.3 is 9.30 Å². The van der Waals surface area contributed by atoms with Crippen molar-refractivity contribution in [2.75, 3.05) is 0 Å². The van der Waals surface area contributed by atoms with Crippen molar-refractivity contribution in [2.45, 2.75) is 37.9 Å². The average molecular weight is 424 g/mol. The Morgan fingerprint density at radius 2 is 1.79 bits per heavy atom. The van der Waals surface area contributed by atoms with Crippen molar-refractivity contribution >= 4 is 34.1 Å². The van der Waals surface area contributed by atoms with Crippen molar-refractivity contribution in [1.29, 1.82) is 0 Å². The number of aromatic nitrogens is 3. The Balaban J connectivity index is 1.47. The average Bonchev–Trinajstić information content (AvgIpc) is 3.15. The first-order chi connectivity index (χ1) is 14.2. The molecule has 4 rings (SSSR count). The highest BCUT2D eigenvalue weighted by Gasteiger charge is 2.13. The predicted octanol–water partition coefficient (Wildman–Crippen LogP) is 6.28. The van der Waals surface area contributed by atoms with Crippen molar-refractivity contribution in [3.8, 4) is 5.75 Å². The van der Waals surface area contributed by atoms with E-state index in [0.29, 0.717) is 6.61 Å². The molecule has 6 heteroatoms. The number of halogens is 1. The molecule has 0 aliphatic carbocycles. The minimum atomic E-state index is 0.390. The first-order valence-electron chi connectivity index (χ1n) is 9.56. The van der Waals surface area contributed by atoms with Gasteiger partial charge in [0.1, 0.15) is 12.4 Å². The zero-order valence-electron chi connectivity index (χ0n) is 16.4. The van der Waals surface area contributed by atoms with Gasteiger partial charge >= 0.3 is 0 Å². The van der Waals surface area contributed by atoms with Gasteiger partial charge in [-0.15, -0.1) is 10.2 Å². The molecular weight excluding hydrogens is 402 g/mol. The lowest BCUT2D eigenvalue weighted by Crippen LogP contribution is -2.07. The summed E-state index contributed by atoms with van der Waals surface area (Å²) in [5.41, 5.74) is 2.35. The highest BCUT2D eigenvalue weighted by molar-refractivity contribution is 7.98. The first-order valence-corrected chi connectivity index (χ1v) is 10.9. The number of aryl methyl sites for hydroxylation is 1. The Morgan fingerprint density at radius 1 is 1.00 bits per heavy atom. The Kier molecular flexibility index (Phi) is 6.07. The van der Waals surface area contributed by atoms with Crippen LogP contribution < -0.4 is 4.74 Å². The van der Waals surface area contributed by atoms with Crippen molar-refractivity contribution in [3.63, 3.8) is 0 Å². The summed E-state index contributed by atoms with van der Waals surface area (Å²) in [6, 6.07) is 20.4. The van der Waals surface area contributed by atoms with Crippen LogP contribution in [0.25, 0.3) is 10.8 Å². The van der Waals surface area contributed by atoms with Crippen molar-refractivity contribution in [2.24, 2.45) is 0 Å². The molecule has 29 heavy (non-hydrogen) atoms. The minimum Gasteiger partial charge on any atom is -0.485 e. The first kappa shape index (κ1) is 19.8. The minimum absolute atomic E-state index is 0.390. The van der Waals surface area contributed by atoms with Gasteiger partial charge in [-0.3, -0.25) is 0 Å². The van der Waals surface area contributed by atoms with Gasteiger partial charge in [-0.05, 0) is 53.9 Å². The number of nitrogens with zero attached hydrogens (tertiary/aromatic N) is 3. The fourth-order valence-electron chi connectivity index (χ4n) is 3.28. The molecular formula is C23H22ClN3OS. The molecule has 0 aliphatic heterocycles. The maximum Gasteiger partial charge on any atom is 0.191 e. The van der Waals surface area contributed by atoms with E-state index >= 15 is 0 Å². The van der Waals surface area contributed by atoms with Crippen molar-refractivity contribution < 1.29 is 4.74 Å². The maximum absolute atomic E-state index is 6.12. The van der Waals surface area contributed by atoms with Gasteiger partial charge in [-0.2, -0.15) is 0 Å². The van der Waals surface area contributed by atoms with Crippen LogP contribution in [0.4, 0.5) is 0 Å². The molecule has 0 spiro atoms. The monoisotopic (exact) mass is 423 g/mol. The summed E-state index contributed by atoms with van der Waals surface area (Å²) < 4.78 is 8.22. The number of rotatable bonds is 7. The fourth-order valence-corrected chi connectivity index (χ4v) is 4.39. The van der Waals surface area contributed by atoms with Crippen molar-refractivity contribution in [3.05, 3.63) is 82.6 Å². The van der Waals surface area contributed by atoms with Crippen LogP contribution in [0.15, 0.2) is 65.8 Å². The second-order valence-electron chi connectivity index (χ2n) is 6.76. The number of benzene rings is 3. The second-order valence-corrected chi connectivity index (χ2v) is 8.14. The largest absolute Gasteiger partial charge is 0.485 e. The molecule has 0 fully saturated rings. The standard InChI is InChI=1S/C23H22ClN3OS/c1-3-27-22(25-26-23(27)29-15-17-8-11-19(24)12-9-17)14-28-21-13-10-18-6-4-5-7-20(18)16(21)2/h4-13H,3,14-15H2,1-2H3. The molecule has 3 aromatic carbocycles. The Labute approximate surface area is 179 Å². The highest BCUT2D eigenvalue weighted by atomic mass is 35.5. The molecule has 148 valence electrons. The van der Waals surface area contributed by atoms with Crippen LogP contribution in [0.1, 0.15) is 23.9 Å².